The number of aliphatic hydroxyl groups is 12. The van der Waals surface area contributed by atoms with Crippen molar-refractivity contribution in [2.45, 2.75) is 132 Å². The first-order valence-electron chi connectivity index (χ1n) is 46.4. The second kappa shape index (κ2) is 39.0. The van der Waals surface area contributed by atoms with Gasteiger partial charge in [0, 0.05) is 109 Å². The number of allylic oxidation sites excluding steroid dienone is 1. The lowest BCUT2D eigenvalue weighted by Crippen LogP contribution is -2.58. The van der Waals surface area contributed by atoms with E-state index in [1.807, 2.05) is 30.4 Å². The lowest BCUT2D eigenvalue weighted by atomic mass is 9.59. The minimum absolute atomic E-state index is 0.00107. The number of nitrogens with two attached hydrogens (primary N) is 4. The number of phenolic OH excluding ortho intramolecular Hbond substituents is 5. The van der Waals surface area contributed by atoms with E-state index in [9.17, 15) is 158 Å². The van der Waals surface area contributed by atoms with E-state index in [2.05, 4.69) is 21.5 Å². The van der Waals surface area contributed by atoms with Crippen LogP contribution in [-0.2, 0) is 128 Å². The average molecular weight is 2030 g/mol. The van der Waals surface area contributed by atoms with Crippen LogP contribution in [0.25, 0.3) is 29.1 Å². The van der Waals surface area contributed by atoms with E-state index in [-0.39, 0.29) is 156 Å². The summed E-state index contributed by atoms with van der Waals surface area (Å²) in [5.41, 5.74) is 13.1. The van der Waals surface area contributed by atoms with Crippen molar-refractivity contribution in [1.29, 1.82) is 0 Å². The summed E-state index contributed by atoms with van der Waals surface area (Å²) in [4.78, 5) is 169. The van der Waals surface area contributed by atoms with Crippen LogP contribution < -0.4 is 32.4 Å². The molecule has 26 N–H and O–H groups in total. The number of carbonyl (C=O) groups excluding carboxylic acids is 13. The number of ketones is 8. The number of aromatic nitrogens is 1. The van der Waals surface area contributed by atoms with Crippen LogP contribution in [-0.4, -0.2) is 250 Å². The Kier molecular flexibility index (Phi) is 27.5. The smallest absolute Gasteiger partial charge is 0.255 e. The van der Waals surface area contributed by atoms with Gasteiger partial charge in [-0.1, -0.05) is 54.3 Å². The van der Waals surface area contributed by atoms with Crippen LogP contribution in [0, 0.1) is 59.2 Å². The number of rotatable bonds is 16. The number of aryl methyl sites for hydroxylation is 3. The van der Waals surface area contributed by atoms with E-state index in [0.717, 1.165) is 28.6 Å². The Morgan fingerprint density at radius 3 is 1.23 bits per heavy atom. The van der Waals surface area contributed by atoms with Gasteiger partial charge in [0.05, 0.1) is 55.4 Å². The molecule has 0 spiro atoms. The molecule has 12 aliphatic carbocycles. The number of primary amides is 4. The molecule has 42 heteroatoms. The number of sulfonamides is 1. The first-order valence-corrected chi connectivity index (χ1v) is 48.3. The average Bonchev–Trinajstić information content (AvgIpc) is 0.718. The molecular formula is C104H101N7O34S. The number of hydrogen-bond acceptors (Lipinski definition) is 35. The largest absolute Gasteiger partial charge is 0.508 e. The van der Waals surface area contributed by atoms with Gasteiger partial charge in [0.2, 0.25) is 39.1 Å². The molecule has 19 rings (SSSR count). The predicted molar refractivity (Wildman–Crippen MR) is 510 cm³/mol. The van der Waals surface area contributed by atoms with Crippen molar-refractivity contribution in [3.05, 3.63) is 243 Å². The van der Waals surface area contributed by atoms with Crippen molar-refractivity contribution in [1.82, 2.24) is 14.6 Å². The Bertz CT molecular complexity index is 7300. The van der Waals surface area contributed by atoms with Crippen molar-refractivity contribution < 1.29 is 167 Å². The van der Waals surface area contributed by atoms with Crippen molar-refractivity contribution in [3.8, 4) is 46.3 Å². The third kappa shape index (κ3) is 17.6. The fraction of sp³-hybridized carbons (Fsp3) is 0.346. The van der Waals surface area contributed by atoms with Gasteiger partial charge in [-0.15, -0.1) is 0 Å². The maximum absolute atomic E-state index is 13.6. The topological polar surface area (TPSA) is 751 Å². The molecule has 762 valence electrons. The molecule has 6 aromatic rings. The monoisotopic (exact) mass is 2020 g/mol. The molecule has 12 atom stereocenters. The van der Waals surface area contributed by atoms with Crippen LogP contribution in [0.5, 0.6) is 34.5 Å². The Hall–Kier alpha value is -15.9. The number of carbonyl (C=O) groups is 13. The third-order valence-electron chi connectivity index (χ3n) is 29.9. The molecule has 1 aromatic heterocycles. The van der Waals surface area contributed by atoms with Gasteiger partial charge in [0.1, 0.15) is 91.4 Å². The third-order valence-corrected chi connectivity index (χ3v) is 30.6. The first kappa shape index (κ1) is 103. The van der Waals surface area contributed by atoms with Gasteiger partial charge in [-0.3, -0.25) is 67.3 Å². The highest BCUT2D eigenvalue weighted by Crippen LogP contribution is 2.59. The summed E-state index contributed by atoms with van der Waals surface area (Å²) in [6.45, 7) is 1.84. The molecule has 0 bridgehead atoms. The number of morpholine rings is 1. The zero-order valence-electron chi connectivity index (χ0n) is 78.1. The Labute approximate surface area is 829 Å². The van der Waals surface area contributed by atoms with Crippen LogP contribution in [0.3, 0.4) is 0 Å². The van der Waals surface area contributed by atoms with Crippen LogP contribution in [0.2, 0.25) is 0 Å². The second-order valence-corrected chi connectivity index (χ2v) is 40.0. The highest BCUT2D eigenvalue weighted by atomic mass is 32.2. The summed E-state index contributed by atoms with van der Waals surface area (Å²) in [6, 6.07) is 22.7. The summed E-state index contributed by atoms with van der Waals surface area (Å²) in [6.07, 6.45) is 8.20. The molecule has 5 fully saturated rings. The number of hydrogen-bond donors (Lipinski definition) is 22. The zero-order chi connectivity index (χ0) is 106. The molecule has 1 aliphatic heterocycles. The van der Waals surface area contributed by atoms with Gasteiger partial charge in [-0.25, -0.2) is 13.1 Å². The molecule has 2 heterocycles. The number of ether oxygens (including phenoxy) is 2. The van der Waals surface area contributed by atoms with Gasteiger partial charge in [0.25, 0.3) is 23.6 Å². The van der Waals surface area contributed by atoms with Gasteiger partial charge in [0.15, 0.2) is 57.0 Å². The van der Waals surface area contributed by atoms with Crippen molar-refractivity contribution in [2.75, 3.05) is 46.2 Å². The Morgan fingerprint density at radius 1 is 0.473 bits per heavy atom. The van der Waals surface area contributed by atoms with Crippen LogP contribution >= 0.6 is 0 Å². The molecule has 5 aromatic carbocycles. The summed E-state index contributed by atoms with van der Waals surface area (Å²) in [7, 11) is -1.99. The number of amides is 5. The number of nitrogens with one attached hydrogen (secondary N) is 1. The number of benzene rings is 5. The Morgan fingerprint density at radius 2 is 0.842 bits per heavy atom. The van der Waals surface area contributed by atoms with Crippen molar-refractivity contribution in [3.63, 3.8) is 0 Å². The lowest BCUT2D eigenvalue weighted by Gasteiger charge is -2.46. The molecular weight excluding hydrogens is 1920 g/mol. The number of aromatic hydroxyl groups is 5. The second-order valence-electron chi connectivity index (χ2n) is 38.2. The lowest BCUT2D eigenvalue weighted by molar-refractivity contribution is -0.149. The molecule has 41 nitrogen and oxygen atoms in total. The van der Waals surface area contributed by atoms with Gasteiger partial charge >= 0.3 is 0 Å². The number of aliphatic hydroxyl groups excluding tert-OH is 8. The minimum Gasteiger partial charge on any atom is -0.508 e. The summed E-state index contributed by atoms with van der Waals surface area (Å²) >= 11 is 0. The maximum atomic E-state index is 13.6. The number of fused-ring (bicyclic) bond motifs is 12. The van der Waals surface area contributed by atoms with Gasteiger partial charge in [-0.2, -0.15) is 0 Å². The maximum Gasteiger partial charge on any atom is 0.255 e. The highest BCUT2D eigenvalue weighted by molar-refractivity contribution is 7.88. The fourth-order valence-electron chi connectivity index (χ4n) is 22.9. The predicted octanol–water partition coefficient (Wildman–Crippen LogP) is 3.54. The molecule has 0 unspecified atom stereocenters. The number of Topliss-reactive ketones (excluding diaryl/α,β-unsaturated/α-hetero) is 8. The molecule has 4 saturated carbocycles. The first-order chi connectivity index (χ1) is 68.9. The van der Waals surface area contributed by atoms with E-state index in [4.69, 9.17) is 32.4 Å². The highest BCUT2D eigenvalue weighted by Gasteiger charge is 2.66. The molecule has 13 aliphatic rings. The normalized spacial score (nSPS) is 25.9. The molecule has 5 amide bonds. The van der Waals surface area contributed by atoms with E-state index < -0.39 is 224 Å². The van der Waals surface area contributed by atoms with Gasteiger partial charge in [-0.05, 0) is 200 Å². The summed E-state index contributed by atoms with van der Waals surface area (Å²) < 4.78 is 35.1. The quantitative estimate of drug-likeness (QED) is 0.0487. The molecule has 1 saturated heterocycles. The zero-order valence-corrected chi connectivity index (χ0v) is 79.0. The van der Waals surface area contributed by atoms with Crippen molar-refractivity contribution >= 4 is 115 Å². The number of methoxy groups -OCH3 is 1. The molecule has 0 radical (unpaired) electrons. The van der Waals surface area contributed by atoms with Crippen LogP contribution in [0.1, 0.15) is 136 Å². The van der Waals surface area contributed by atoms with E-state index in [1.54, 1.807) is 41.4 Å². The Balaban J connectivity index is 0.000000139. The summed E-state index contributed by atoms with van der Waals surface area (Å²) in [5, 5.41) is 184. The number of phenols is 5. The summed E-state index contributed by atoms with van der Waals surface area (Å²) in [5.74, 6) is -20.7. The van der Waals surface area contributed by atoms with Crippen molar-refractivity contribution in [2.24, 2.45) is 70.3 Å². The van der Waals surface area contributed by atoms with E-state index in [1.165, 1.54) is 43.5 Å². The van der Waals surface area contributed by atoms with Crippen LogP contribution in [0.15, 0.2) is 165 Å². The molecule has 146 heavy (non-hydrogen) atoms. The number of nitrogens with zero attached hydrogens (tertiary/aromatic N) is 2. The standard InChI is InChI=1S/C29H27NO9.C26H28N2O9.C26H24N2O7.C23H22N2O9S/c1-39-21-9-13(5-7-18(21)31)3-2-4-14-6-8-19(32)23-17(14)11-15-10-16-12-20(33)24(28(30)37)27(36)29(16,38)26(35)22(15)25(23)34;27-25(35)21-17(30)11-14-9-13-10-15-12(2-4-18(31)28-5-7-37-8-6-28)1-3-16(29)20(15)22(32)19(13)23(33)26(14,36)24(21)34;27-25(34)21-18(30)11-14-9-13-10-16-12(4-6-15-3-1-2-8-28-15)5-7-17(29)20(16)22(31)19(13)23(32)26(14,35)24(21)33;1-35(33,34)25-6-2-3-10-4-5-14(26)17-13(10)8-11-7-12-9-15(27)18(22(24)31)21(30)23(12,32)20(29)16(11)19(17)28/h2,4-9,15-16,31-32,34,36,38H,3,10-12H2,1H3,(H2,30,37);1,3,13-14,29,32,34,36H,2,4-11H2,(H2,27,35);1-3,5,7-8,13-14,29,31,33,35H,4,6,9-11H2,(H2,27,34);4-5,11-12,25-26,28,30,32H,6-9H2,1H3,(H2,24,31)/b4-2-;;;/t15-,16+,29+;2*13-,14+,26+;11-,12+,23+/m1111/s1. The van der Waals surface area contributed by atoms with E-state index >= 15 is 0 Å². The van der Waals surface area contributed by atoms with Crippen LogP contribution in [0.4, 0.5) is 0 Å². The minimum atomic E-state index is -3.45. The fourth-order valence-corrected chi connectivity index (χ4v) is 23.2. The SMILES string of the molecule is COc1cc(C/C=C\c2ccc(O)c3c2C[C@H]2C[C@H]4CC(=O)C(C(N)=O)=C(O)[C@@]4(O)C(=O)C2=C3O)ccc1O.CS(=O)(=O)NCC#Cc1ccc(O)c2c1C[C@H]1C[C@H]3CC(=O)C(C(N)=O)=C(O)[C@@]3(O)C(=O)C1=C2O.NC(=O)C1=C(O)[C@@]2(O)C(=O)C3=C(O)c4c(O)ccc(CCC(=O)N5CCOCC5)c4C[C@H]3C[C@H]2CC1=O.NC(=O)C1=C(O)[C@@]2(O)C(=O)C3=C(O)c4c(O)ccc(CCc5ccccn5)c4C[C@H]3C[C@H]2CC1=O. The van der Waals surface area contributed by atoms with E-state index in [0.29, 0.717) is 97.5 Å². The van der Waals surface area contributed by atoms with Gasteiger partial charge < -0.3 is 124 Å². The number of pyridine rings is 1.